The minimum atomic E-state index is -5.09. The number of nitrogens with zero attached hydrogens (tertiary/aromatic N) is 5. The Morgan fingerprint density at radius 3 is 2.26 bits per heavy atom. The van der Waals surface area contributed by atoms with E-state index in [0.717, 1.165) is 12.0 Å². The molecule has 0 fully saturated rings. The van der Waals surface area contributed by atoms with Crippen molar-refractivity contribution >= 4 is 29.6 Å². The van der Waals surface area contributed by atoms with Gasteiger partial charge in [-0.25, -0.2) is 9.59 Å². The standard InChI is InChI=1S/C28H30F6N6O5S/c1-6-45-26(42)40-14(2)7-21(20-11-19(23(43-4)12-22(20)40)15(3)46-24-35-37-38-36-24)39(25(41)44-5)13-16-8-17(27(29,30)31)10-18(9-16)28(32,33)34/h8-12,14-15,21H,6-7,13H2,1-5H3,(H,35,36,37,38)/t14-,15?,21+/m0/s1. The molecule has 0 radical (unpaired) electrons. The van der Waals surface area contributed by atoms with Crippen molar-refractivity contribution in [2.24, 2.45) is 0 Å². The van der Waals surface area contributed by atoms with E-state index < -0.39 is 65.1 Å². The number of amides is 2. The van der Waals surface area contributed by atoms with Crippen LogP contribution in [-0.2, 0) is 28.4 Å². The minimum Gasteiger partial charge on any atom is -0.496 e. The number of aromatic nitrogens is 4. The lowest BCUT2D eigenvalue weighted by Gasteiger charge is -2.43. The highest BCUT2D eigenvalue weighted by atomic mass is 32.2. The van der Waals surface area contributed by atoms with Crippen LogP contribution < -0.4 is 9.64 Å². The number of hydrogen-bond donors (Lipinski definition) is 1. The smallest absolute Gasteiger partial charge is 0.416 e. The largest absolute Gasteiger partial charge is 0.496 e. The summed E-state index contributed by atoms with van der Waals surface area (Å²) >= 11 is 1.21. The maximum absolute atomic E-state index is 13.7. The summed E-state index contributed by atoms with van der Waals surface area (Å²) in [6.07, 6.45) is -11.8. The number of H-pyrrole nitrogens is 1. The van der Waals surface area contributed by atoms with Gasteiger partial charge in [0.2, 0.25) is 5.16 Å². The van der Waals surface area contributed by atoms with Crippen LogP contribution in [0.15, 0.2) is 35.5 Å². The van der Waals surface area contributed by atoms with Gasteiger partial charge in [0.1, 0.15) is 5.75 Å². The molecule has 2 amide bonds. The molecule has 4 rings (SSSR count). The molecule has 2 aromatic carbocycles. The molecule has 0 saturated carbocycles. The summed E-state index contributed by atoms with van der Waals surface area (Å²) in [4.78, 5) is 28.8. The Morgan fingerprint density at radius 2 is 1.74 bits per heavy atom. The number of methoxy groups -OCH3 is 2. The number of anilines is 1. The van der Waals surface area contributed by atoms with E-state index in [2.05, 4.69) is 20.6 Å². The van der Waals surface area contributed by atoms with Crippen LogP contribution in [0.2, 0.25) is 0 Å². The van der Waals surface area contributed by atoms with Gasteiger partial charge in [-0.15, -0.1) is 10.2 Å². The normalized spacial score (nSPS) is 17.2. The fraction of sp³-hybridized carbons (Fsp3) is 0.464. The first kappa shape index (κ1) is 34.6. The quantitative estimate of drug-likeness (QED) is 0.196. The number of carbonyl (C=O) groups is 2. The number of halogens is 6. The molecule has 2 heterocycles. The first-order valence-electron chi connectivity index (χ1n) is 13.8. The third kappa shape index (κ3) is 7.42. The first-order valence-corrected chi connectivity index (χ1v) is 14.7. The Kier molecular flexibility index (Phi) is 10.3. The molecule has 0 bridgehead atoms. The average Bonchev–Trinajstić information content (AvgIpc) is 3.50. The van der Waals surface area contributed by atoms with Gasteiger partial charge in [-0.05, 0) is 67.8 Å². The zero-order valence-corrected chi connectivity index (χ0v) is 26.0. The van der Waals surface area contributed by atoms with E-state index in [1.54, 1.807) is 26.0 Å². The first-order chi connectivity index (χ1) is 21.6. The molecule has 3 atom stereocenters. The Labute approximate surface area is 263 Å². The second-order valence-corrected chi connectivity index (χ2v) is 11.6. The van der Waals surface area contributed by atoms with Crippen molar-refractivity contribution in [2.45, 2.75) is 68.6 Å². The number of tetrazole rings is 1. The van der Waals surface area contributed by atoms with Gasteiger partial charge in [-0.3, -0.25) is 9.80 Å². The molecule has 1 aromatic heterocycles. The molecule has 0 aliphatic carbocycles. The Balaban J connectivity index is 1.89. The van der Waals surface area contributed by atoms with Crippen LogP contribution in [0.1, 0.15) is 66.3 Å². The lowest BCUT2D eigenvalue weighted by Crippen LogP contribution is -2.47. The lowest BCUT2D eigenvalue weighted by atomic mass is 9.88. The van der Waals surface area contributed by atoms with Crippen molar-refractivity contribution in [3.05, 3.63) is 58.1 Å². The summed E-state index contributed by atoms with van der Waals surface area (Å²) in [5.41, 5.74) is -2.27. The predicted molar refractivity (Wildman–Crippen MR) is 152 cm³/mol. The SMILES string of the molecule is CCOC(=O)N1c2cc(OC)c(C(C)Sc3nn[nH]n3)cc2[C@H](N(Cc2cc(C(F)(F)F)cc(C(F)(F)F)c2)C(=O)OC)C[C@@H]1C. The number of hydrogen-bond acceptors (Lipinski definition) is 9. The molecule has 0 spiro atoms. The van der Waals surface area contributed by atoms with Crippen LogP contribution in [0, 0.1) is 0 Å². The van der Waals surface area contributed by atoms with Crippen LogP contribution in [0.4, 0.5) is 41.6 Å². The van der Waals surface area contributed by atoms with Crippen molar-refractivity contribution in [2.75, 3.05) is 25.7 Å². The number of thioether (sulfide) groups is 1. The molecule has 1 unspecified atom stereocenters. The summed E-state index contributed by atoms with van der Waals surface area (Å²) in [7, 11) is 2.46. The molecular formula is C28H30F6N6O5S. The lowest BCUT2D eigenvalue weighted by molar-refractivity contribution is -0.143. The van der Waals surface area contributed by atoms with Gasteiger partial charge in [0, 0.05) is 29.5 Å². The third-order valence-corrected chi connectivity index (χ3v) is 8.29. The van der Waals surface area contributed by atoms with Crippen molar-refractivity contribution in [3.63, 3.8) is 0 Å². The van der Waals surface area contributed by atoms with Gasteiger partial charge in [0.05, 0.1) is 43.7 Å². The van der Waals surface area contributed by atoms with E-state index >= 15 is 0 Å². The number of benzene rings is 2. The Bertz CT molecular complexity index is 1520. The Hall–Kier alpha value is -4.22. The maximum Gasteiger partial charge on any atom is 0.416 e. The van der Waals surface area contributed by atoms with Crippen LogP contribution in [0.3, 0.4) is 0 Å². The van der Waals surface area contributed by atoms with Gasteiger partial charge in [0.25, 0.3) is 0 Å². The van der Waals surface area contributed by atoms with Gasteiger partial charge >= 0.3 is 24.5 Å². The molecule has 11 nitrogen and oxygen atoms in total. The third-order valence-electron chi connectivity index (χ3n) is 7.30. The monoisotopic (exact) mass is 676 g/mol. The molecule has 0 saturated heterocycles. The van der Waals surface area contributed by atoms with E-state index in [1.165, 1.54) is 23.8 Å². The van der Waals surface area contributed by atoms with E-state index in [9.17, 15) is 35.9 Å². The average molecular weight is 677 g/mol. The predicted octanol–water partition coefficient (Wildman–Crippen LogP) is 7.16. The Morgan fingerprint density at radius 1 is 1.09 bits per heavy atom. The van der Waals surface area contributed by atoms with Gasteiger partial charge < -0.3 is 14.2 Å². The van der Waals surface area contributed by atoms with E-state index in [-0.39, 0.29) is 24.8 Å². The van der Waals surface area contributed by atoms with Crippen molar-refractivity contribution in [1.82, 2.24) is 25.5 Å². The van der Waals surface area contributed by atoms with Crippen molar-refractivity contribution < 1.29 is 50.1 Å². The molecular weight excluding hydrogens is 646 g/mol. The van der Waals surface area contributed by atoms with E-state index in [1.807, 2.05) is 6.92 Å². The highest BCUT2D eigenvalue weighted by Crippen LogP contribution is 2.48. The van der Waals surface area contributed by atoms with Gasteiger partial charge in [-0.1, -0.05) is 11.8 Å². The molecule has 250 valence electrons. The minimum absolute atomic E-state index is 0.0164. The number of fused-ring (bicyclic) bond motifs is 1. The van der Waals surface area contributed by atoms with Crippen LogP contribution in [0.5, 0.6) is 5.75 Å². The summed E-state index contributed by atoms with van der Waals surface area (Å²) in [5, 5.41) is 13.7. The maximum atomic E-state index is 13.7. The highest BCUT2D eigenvalue weighted by molar-refractivity contribution is 7.99. The molecule has 1 N–H and O–H groups in total. The summed E-state index contributed by atoms with van der Waals surface area (Å²) in [6.45, 7) is 4.49. The number of rotatable bonds is 8. The van der Waals surface area contributed by atoms with Crippen LogP contribution in [-0.4, -0.2) is 64.6 Å². The van der Waals surface area contributed by atoms with Crippen molar-refractivity contribution in [1.29, 1.82) is 0 Å². The highest BCUT2D eigenvalue weighted by Gasteiger charge is 2.42. The zero-order valence-electron chi connectivity index (χ0n) is 25.2. The fourth-order valence-electron chi connectivity index (χ4n) is 5.28. The molecule has 1 aliphatic rings. The van der Waals surface area contributed by atoms with Crippen molar-refractivity contribution in [3.8, 4) is 5.75 Å². The zero-order chi connectivity index (χ0) is 34.0. The molecule has 3 aromatic rings. The fourth-order valence-corrected chi connectivity index (χ4v) is 6.09. The number of ether oxygens (including phenoxy) is 3. The number of nitrogens with one attached hydrogen (secondary N) is 1. The number of carbonyl (C=O) groups excluding carboxylic acids is 2. The topological polar surface area (TPSA) is 123 Å². The van der Waals surface area contributed by atoms with E-state index in [4.69, 9.17) is 14.2 Å². The van der Waals surface area contributed by atoms with Gasteiger partial charge in [0.15, 0.2) is 0 Å². The second kappa shape index (κ2) is 13.6. The molecule has 46 heavy (non-hydrogen) atoms. The second-order valence-electron chi connectivity index (χ2n) is 10.3. The van der Waals surface area contributed by atoms with E-state index in [0.29, 0.717) is 34.2 Å². The van der Waals surface area contributed by atoms with Crippen LogP contribution >= 0.6 is 11.8 Å². The molecule has 18 heteroatoms. The number of alkyl halides is 6. The summed E-state index contributed by atoms with van der Waals surface area (Å²) < 4.78 is 97.9. The summed E-state index contributed by atoms with van der Waals surface area (Å²) in [6, 6.07) is 2.76. The summed E-state index contributed by atoms with van der Waals surface area (Å²) in [5.74, 6) is 0.349. The number of aromatic amines is 1. The molecule has 1 aliphatic heterocycles. The van der Waals surface area contributed by atoms with Gasteiger partial charge in [-0.2, -0.15) is 31.6 Å². The van der Waals surface area contributed by atoms with Crippen LogP contribution in [0.25, 0.3) is 0 Å².